The lowest BCUT2D eigenvalue weighted by atomic mass is 10.0. The van der Waals surface area contributed by atoms with Crippen LogP contribution in [-0.4, -0.2) is 17.6 Å². The highest BCUT2D eigenvalue weighted by Crippen LogP contribution is 2.19. The van der Waals surface area contributed by atoms with Gasteiger partial charge in [-0.05, 0) is 43.2 Å². The van der Waals surface area contributed by atoms with Gasteiger partial charge in [0.05, 0.1) is 12.8 Å². The number of nitrogens with one attached hydrogen (secondary N) is 1. The van der Waals surface area contributed by atoms with E-state index in [0.717, 1.165) is 5.56 Å². The molecule has 1 atom stereocenters. The first kappa shape index (κ1) is 15.6. The molecule has 1 unspecified atom stereocenters. The molecule has 5 heteroatoms. The van der Waals surface area contributed by atoms with Gasteiger partial charge in [0, 0.05) is 11.4 Å². The van der Waals surface area contributed by atoms with Crippen molar-refractivity contribution in [3.63, 3.8) is 0 Å². The molecule has 21 heavy (non-hydrogen) atoms. The lowest BCUT2D eigenvalue weighted by Gasteiger charge is -2.21. The molecule has 4 nitrogen and oxygen atoms in total. The highest BCUT2D eigenvalue weighted by Gasteiger charge is 2.26. The largest absolute Gasteiger partial charge is 0.466 e. The highest BCUT2D eigenvalue weighted by atomic mass is 35.5. The van der Waals surface area contributed by atoms with Gasteiger partial charge in [0.15, 0.2) is 0 Å². The van der Waals surface area contributed by atoms with Gasteiger partial charge in [-0.1, -0.05) is 23.7 Å². The summed E-state index contributed by atoms with van der Waals surface area (Å²) in [5.41, 5.74) is -0.160. The number of carbonyl (C=O) groups is 1. The second-order valence-corrected chi connectivity index (χ2v) is 5.59. The normalized spacial score (nSPS) is 13.7. The van der Waals surface area contributed by atoms with Gasteiger partial charge in [0.25, 0.3) is 0 Å². The maximum absolute atomic E-state index is 11.8. The Labute approximate surface area is 128 Å². The maximum Gasteiger partial charge on any atom is 0.220 e. The van der Waals surface area contributed by atoms with Crippen molar-refractivity contribution in [1.82, 2.24) is 5.32 Å². The summed E-state index contributed by atoms with van der Waals surface area (Å²) in [7, 11) is 0. The fraction of sp³-hybridized carbons (Fsp3) is 0.312. The minimum Gasteiger partial charge on any atom is -0.466 e. The predicted molar refractivity (Wildman–Crippen MR) is 81.1 cm³/mol. The summed E-state index contributed by atoms with van der Waals surface area (Å²) < 4.78 is 5.16. The van der Waals surface area contributed by atoms with E-state index < -0.39 is 5.60 Å². The summed E-state index contributed by atoms with van der Waals surface area (Å²) in [6.07, 6.45) is 2.48. The van der Waals surface area contributed by atoms with Gasteiger partial charge in [-0.2, -0.15) is 0 Å². The van der Waals surface area contributed by atoms with Gasteiger partial charge < -0.3 is 14.8 Å². The summed E-state index contributed by atoms with van der Waals surface area (Å²) in [6.45, 7) is 1.71. The van der Waals surface area contributed by atoms with E-state index in [-0.39, 0.29) is 12.5 Å². The van der Waals surface area contributed by atoms with Gasteiger partial charge in [-0.3, -0.25) is 4.79 Å². The molecule has 1 amide bonds. The number of aliphatic hydroxyl groups is 1. The molecule has 1 aromatic carbocycles. The smallest absolute Gasteiger partial charge is 0.220 e. The van der Waals surface area contributed by atoms with Crippen molar-refractivity contribution in [2.45, 2.75) is 25.4 Å². The monoisotopic (exact) mass is 307 g/mol. The van der Waals surface area contributed by atoms with Crippen LogP contribution in [0.2, 0.25) is 5.02 Å². The Kier molecular flexibility index (Phi) is 5.04. The number of hydrogen-bond donors (Lipinski definition) is 2. The molecule has 0 saturated carbocycles. The molecule has 0 aliphatic heterocycles. The Bertz CT molecular complexity index is 576. The molecule has 2 N–H and O–H groups in total. The van der Waals surface area contributed by atoms with E-state index >= 15 is 0 Å². The quantitative estimate of drug-likeness (QED) is 0.862. The van der Waals surface area contributed by atoms with Gasteiger partial charge in [-0.25, -0.2) is 0 Å². The van der Waals surface area contributed by atoms with E-state index in [4.69, 9.17) is 16.0 Å². The van der Waals surface area contributed by atoms with Crippen LogP contribution in [0.5, 0.6) is 0 Å². The lowest BCUT2D eigenvalue weighted by molar-refractivity contribution is -0.122. The van der Waals surface area contributed by atoms with Crippen molar-refractivity contribution in [3.05, 3.63) is 59.0 Å². The number of hydrogen-bond acceptors (Lipinski definition) is 3. The SMILES string of the molecule is CC(O)(CNC(=O)CCc1ccc(Cl)cc1)c1ccco1. The molecule has 0 radical (unpaired) electrons. The second-order valence-electron chi connectivity index (χ2n) is 5.15. The van der Waals surface area contributed by atoms with Crippen LogP contribution in [0.3, 0.4) is 0 Å². The number of aryl methyl sites for hydroxylation is 1. The number of carbonyl (C=O) groups excluding carboxylic acids is 1. The van der Waals surface area contributed by atoms with Crippen molar-refractivity contribution in [2.75, 3.05) is 6.54 Å². The number of benzene rings is 1. The second kappa shape index (κ2) is 6.78. The van der Waals surface area contributed by atoms with Crippen molar-refractivity contribution in [3.8, 4) is 0 Å². The molecule has 0 bridgehead atoms. The summed E-state index contributed by atoms with van der Waals surface area (Å²) >= 11 is 5.81. The van der Waals surface area contributed by atoms with Crippen molar-refractivity contribution in [2.24, 2.45) is 0 Å². The zero-order valence-electron chi connectivity index (χ0n) is 11.8. The van der Waals surface area contributed by atoms with Crippen LogP contribution in [0.1, 0.15) is 24.7 Å². The van der Waals surface area contributed by atoms with Crippen LogP contribution in [0.25, 0.3) is 0 Å². The van der Waals surface area contributed by atoms with Crippen molar-refractivity contribution >= 4 is 17.5 Å². The predicted octanol–water partition coefficient (Wildman–Crippen LogP) is 2.89. The fourth-order valence-electron chi connectivity index (χ4n) is 1.94. The molecule has 0 saturated heterocycles. The Morgan fingerprint density at radius 3 is 2.67 bits per heavy atom. The van der Waals surface area contributed by atoms with E-state index in [1.807, 2.05) is 12.1 Å². The van der Waals surface area contributed by atoms with Gasteiger partial charge in [0.2, 0.25) is 5.91 Å². The Balaban J connectivity index is 1.78. The number of furan rings is 1. The summed E-state index contributed by atoms with van der Waals surface area (Å²) in [5, 5.41) is 13.6. The summed E-state index contributed by atoms with van der Waals surface area (Å²) in [5.74, 6) is 0.317. The van der Waals surface area contributed by atoms with Gasteiger partial charge >= 0.3 is 0 Å². The molecule has 0 fully saturated rings. The third kappa shape index (κ3) is 4.62. The van der Waals surface area contributed by atoms with Gasteiger partial charge in [-0.15, -0.1) is 0 Å². The lowest BCUT2D eigenvalue weighted by Crippen LogP contribution is -2.38. The molecule has 1 aromatic heterocycles. The molecule has 0 aliphatic carbocycles. The van der Waals surface area contributed by atoms with Crippen LogP contribution >= 0.6 is 11.6 Å². The highest BCUT2D eigenvalue weighted by molar-refractivity contribution is 6.30. The molecule has 2 aromatic rings. The van der Waals surface area contributed by atoms with E-state index in [9.17, 15) is 9.90 Å². The molecule has 0 spiro atoms. The molecule has 2 rings (SSSR count). The Morgan fingerprint density at radius 2 is 2.05 bits per heavy atom. The third-order valence-electron chi connectivity index (χ3n) is 3.24. The number of amides is 1. The minimum atomic E-state index is -1.21. The maximum atomic E-state index is 11.8. The van der Waals surface area contributed by atoms with Crippen LogP contribution in [0, 0.1) is 0 Å². The number of rotatable bonds is 6. The standard InChI is InChI=1S/C16H18ClNO3/c1-16(20,14-3-2-10-21-14)11-18-15(19)9-6-12-4-7-13(17)8-5-12/h2-5,7-8,10,20H,6,9,11H2,1H3,(H,18,19). The first-order valence-corrected chi connectivity index (χ1v) is 7.13. The first-order chi connectivity index (χ1) is 9.97. The van der Waals surface area contributed by atoms with E-state index in [1.165, 1.54) is 6.26 Å². The molecule has 1 heterocycles. The third-order valence-corrected chi connectivity index (χ3v) is 3.49. The molecule has 112 valence electrons. The minimum absolute atomic E-state index is 0.111. The van der Waals surface area contributed by atoms with Crippen LogP contribution < -0.4 is 5.32 Å². The van der Waals surface area contributed by atoms with Crippen LogP contribution in [-0.2, 0) is 16.8 Å². The number of halogens is 1. The average molecular weight is 308 g/mol. The van der Waals surface area contributed by atoms with Crippen molar-refractivity contribution < 1.29 is 14.3 Å². The average Bonchev–Trinajstić information content (AvgIpc) is 3.00. The zero-order chi connectivity index (χ0) is 15.3. The summed E-state index contributed by atoms with van der Waals surface area (Å²) in [4.78, 5) is 11.8. The van der Waals surface area contributed by atoms with Crippen LogP contribution in [0.15, 0.2) is 47.1 Å². The molecular formula is C16H18ClNO3. The van der Waals surface area contributed by atoms with E-state index in [1.54, 1.807) is 31.2 Å². The Morgan fingerprint density at radius 1 is 1.33 bits per heavy atom. The van der Waals surface area contributed by atoms with E-state index in [0.29, 0.717) is 23.6 Å². The van der Waals surface area contributed by atoms with Crippen molar-refractivity contribution in [1.29, 1.82) is 0 Å². The van der Waals surface area contributed by atoms with Crippen LogP contribution in [0.4, 0.5) is 0 Å². The first-order valence-electron chi connectivity index (χ1n) is 6.75. The fourth-order valence-corrected chi connectivity index (χ4v) is 2.07. The molecular weight excluding hydrogens is 290 g/mol. The topological polar surface area (TPSA) is 62.5 Å². The zero-order valence-corrected chi connectivity index (χ0v) is 12.6. The van der Waals surface area contributed by atoms with E-state index in [2.05, 4.69) is 5.32 Å². The van der Waals surface area contributed by atoms with Gasteiger partial charge in [0.1, 0.15) is 11.4 Å². The Hall–Kier alpha value is -1.78. The summed E-state index contributed by atoms with van der Waals surface area (Å²) in [6, 6.07) is 10.8. The molecule has 0 aliphatic rings.